The van der Waals surface area contributed by atoms with Crippen molar-refractivity contribution in [2.24, 2.45) is 17.8 Å². The fourth-order valence-electron chi connectivity index (χ4n) is 3.65. The molecule has 1 fully saturated rings. The van der Waals surface area contributed by atoms with Crippen molar-refractivity contribution in [1.82, 2.24) is 5.32 Å². The molecule has 0 spiro atoms. The van der Waals surface area contributed by atoms with E-state index in [0.717, 1.165) is 24.3 Å². The van der Waals surface area contributed by atoms with Crippen LogP contribution in [0.15, 0.2) is 17.5 Å². The van der Waals surface area contributed by atoms with Crippen LogP contribution in [0.5, 0.6) is 0 Å². The summed E-state index contributed by atoms with van der Waals surface area (Å²) in [6.07, 6.45) is 5.46. The summed E-state index contributed by atoms with van der Waals surface area (Å²) < 4.78 is 0. The van der Waals surface area contributed by atoms with Gasteiger partial charge < -0.3 is 5.32 Å². The Morgan fingerprint density at radius 3 is 2.56 bits per heavy atom. The van der Waals surface area contributed by atoms with Crippen molar-refractivity contribution in [2.75, 3.05) is 6.54 Å². The summed E-state index contributed by atoms with van der Waals surface area (Å²) in [5.74, 6) is 2.68. The van der Waals surface area contributed by atoms with Crippen LogP contribution in [0, 0.1) is 17.8 Å². The Kier molecular flexibility index (Phi) is 5.25. The van der Waals surface area contributed by atoms with Gasteiger partial charge in [-0.15, -0.1) is 11.3 Å². The number of nitrogens with one attached hydrogen (secondary N) is 1. The van der Waals surface area contributed by atoms with E-state index in [2.05, 4.69) is 43.6 Å². The van der Waals surface area contributed by atoms with Crippen molar-refractivity contribution in [3.05, 3.63) is 22.4 Å². The number of thiophene rings is 1. The monoisotopic (exact) mass is 265 g/mol. The average molecular weight is 265 g/mol. The quantitative estimate of drug-likeness (QED) is 0.835. The molecular formula is C16H27NS. The second-order valence-electron chi connectivity index (χ2n) is 6.13. The maximum absolute atomic E-state index is 3.74. The minimum atomic E-state index is 0.679. The molecule has 1 aromatic rings. The lowest BCUT2D eigenvalue weighted by Gasteiger charge is -2.37. The summed E-state index contributed by atoms with van der Waals surface area (Å²) in [7, 11) is 0. The number of hydrogen-bond donors (Lipinski definition) is 1. The molecule has 0 amide bonds. The van der Waals surface area contributed by atoms with E-state index < -0.39 is 0 Å². The van der Waals surface area contributed by atoms with Gasteiger partial charge in [0.1, 0.15) is 0 Å². The Bertz CT molecular complexity index is 323. The Hall–Kier alpha value is -0.340. The molecule has 18 heavy (non-hydrogen) atoms. The van der Waals surface area contributed by atoms with E-state index in [1.165, 1.54) is 30.6 Å². The first-order valence-electron chi connectivity index (χ1n) is 7.44. The minimum absolute atomic E-state index is 0.679. The van der Waals surface area contributed by atoms with E-state index in [0.29, 0.717) is 6.04 Å². The van der Waals surface area contributed by atoms with Crippen molar-refractivity contribution in [2.45, 2.75) is 52.5 Å². The first kappa shape index (κ1) is 14.1. The fraction of sp³-hybridized carbons (Fsp3) is 0.750. The predicted octanol–water partition coefficient (Wildman–Crippen LogP) is 4.34. The molecule has 0 bridgehead atoms. The van der Waals surface area contributed by atoms with Gasteiger partial charge in [-0.2, -0.15) is 0 Å². The van der Waals surface area contributed by atoms with Crippen molar-refractivity contribution in [1.29, 1.82) is 0 Å². The summed E-state index contributed by atoms with van der Waals surface area (Å²) in [6.45, 7) is 8.18. The summed E-state index contributed by atoms with van der Waals surface area (Å²) in [6, 6.07) is 5.14. The maximum atomic E-state index is 3.74. The molecule has 0 radical (unpaired) electrons. The van der Waals surface area contributed by atoms with E-state index in [-0.39, 0.29) is 0 Å². The average Bonchev–Trinajstić information content (AvgIpc) is 2.80. The molecule has 102 valence electrons. The van der Waals surface area contributed by atoms with Gasteiger partial charge in [-0.05, 0) is 61.4 Å². The highest BCUT2D eigenvalue weighted by Crippen LogP contribution is 2.35. The Morgan fingerprint density at radius 2 is 2.00 bits per heavy atom. The van der Waals surface area contributed by atoms with Crippen LogP contribution in [0.3, 0.4) is 0 Å². The minimum Gasteiger partial charge on any atom is -0.314 e. The Labute approximate surface area is 116 Å². The van der Waals surface area contributed by atoms with Gasteiger partial charge in [0.2, 0.25) is 0 Å². The lowest BCUT2D eigenvalue weighted by Crippen LogP contribution is -2.41. The molecular weight excluding hydrogens is 238 g/mol. The van der Waals surface area contributed by atoms with Crippen molar-refractivity contribution >= 4 is 11.3 Å². The van der Waals surface area contributed by atoms with Gasteiger partial charge >= 0.3 is 0 Å². The van der Waals surface area contributed by atoms with E-state index >= 15 is 0 Å². The van der Waals surface area contributed by atoms with Gasteiger partial charge in [0.25, 0.3) is 0 Å². The lowest BCUT2D eigenvalue weighted by molar-refractivity contribution is 0.176. The third kappa shape index (κ3) is 3.83. The van der Waals surface area contributed by atoms with Crippen LogP contribution < -0.4 is 5.32 Å². The third-order valence-corrected chi connectivity index (χ3v) is 5.15. The topological polar surface area (TPSA) is 12.0 Å². The first-order valence-corrected chi connectivity index (χ1v) is 8.32. The predicted molar refractivity (Wildman–Crippen MR) is 81.2 cm³/mol. The van der Waals surface area contributed by atoms with Gasteiger partial charge in [0.15, 0.2) is 0 Å². The second-order valence-corrected chi connectivity index (χ2v) is 7.16. The highest BCUT2D eigenvalue weighted by Gasteiger charge is 2.29. The van der Waals surface area contributed by atoms with Crippen LogP contribution in [0.25, 0.3) is 0 Å². The maximum Gasteiger partial charge on any atom is 0.0144 e. The van der Waals surface area contributed by atoms with Gasteiger partial charge in [-0.1, -0.05) is 26.8 Å². The van der Waals surface area contributed by atoms with Crippen LogP contribution in [-0.2, 0) is 6.42 Å². The molecule has 2 rings (SSSR count). The molecule has 0 aromatic carbocycles. The molecule has 1 saturated carbocycles. The van der Waals surface area contributed by atoms with E-state index in [4.69, 9.17) is 0 Å². The van der Waals surface area contributed by atoms with Gasteiger partial charge in [0, 0.05) is 10.9 Å². The summed E-state index contributed by atoms with van der Waals surface area (Å²) in [5, 5.41) is 5.94. The highest BCUT2D eigenvalue weighted by atomic mass is 32.1. The van der Waals surface area contributed by atoms with Gasteiger partial charge in [-0.25, -0.2) is 0 Å². The SMILES string of the molecule is CCNC(Cc1cccs1)C1CC(C)CC(C)C1. The molecule has 1 heterocycles. The summed E-state index contributed by atoms with van der Waals surface area (Å²) in [5.41, 5.74) is 0. The van der Waals surface area contributed by atoms with Crippen LogP contribution in [0.1, 0.15) is 44.9 Å². The van der Waals surface area contributed by atoms with E-state index in [9.17, 15) is 0 Å². The van der Waals surface area contributed by atoms with E-state index in [1.54, 1.807) is 0 Å². The van der Waals surface area contributed by atoms with Crippen molar-refractivity contribution in [3.8, 4) is 0 Å². The standard InChI is InChI=1S/C16H27NS/c1-4-17-16(11-15-6-5-7-18-15)14-9-12(2)8-13(3)10-14/h5-7,12-14,16-17H,4,8-11H2,1-3H3. The Balaban J connectivity index is 1.99. The zero-order valence-electron chi connectivity index (χ0n) is 12.0. The number of likely N-dealkylation sites (N-methyl/N-ethyl adjacent to an activating group) is 1. The Morgan fingerprint density at radius 1 is 1.28 bits per heavy atom. The first-order chi connectivity index (χ1) is 8.69. The molecule has 0 saturated heterocycles. The molecule has 1 aliphatic carbocycles. The number of rotatable bonds is 5. The molecule has 0 aliphatic heterocycles. The van der Waals surface area contributed by atoms with Crippen LogP contribution in [0.2, 0.25) is 0 Å². The third-order valence-electron chi connectivity index (χ3n) is 4.25. The molecule has 1 aromatic heterocycles. The molecule has 1 N–H and O–H groups in total. The lowest BCUT2D eigenvalue weighted by atomic mass is 9.73. The zero-order chi connectivity index (χ0) is 13.0. The van der Waals surface area contributed by atoms with Crippen LogP contribution in [-0.4, -0.2) is 12.6 Å². The summed E-state index contributed by atoms with van der Waals surface area (Å²) >= 11 is 1.90. The van der Waals surface area contributed by atoms with Gasteiger partial charge in [0.05, 0.1) is 0 Å². The normalized spacial score (nSPS) is 30.3. The van der Waals surface area contributed by atoms with E-state index in [1.807, 2.05) is 11.3 Å². The van der Waals surface area contributed by atoms with Gasteiger partial charge in [-0.3, -0.25) is 0 Å². The molecule has 1 nitrogen and oxygen atoms in total. The molecule has 2 heteroatoms. The molecule has 3 atom stereocenters. The highest BCUT2D eigenvalue weighted by molar-refractivity contribution is 7.09. The molecule has 3 unspecified atom stereocenters. The van der Waals surface area contributed by atoms with Crippen LogP contribution in [0.4, 0.5) is 0 Å². The fourth-order valence-corrected chi connectivity index (χ4v) is 4.42. The number of hydrogen-bond acceptors (Lipinski definition) is 2. The van der Waals surface area contributed by atoms with Crippen molar-refractivity contribution < 1.29 is 0 Å². The summed E-state index contributed by atoms with van der Waals surface area (Å²) in [4.78, 5) is 1.53. The smallest absolute Gasteiger partial charge is 0.0144 e. The van der Waals surface area contributed by atoms with Crippen LogP contribution >= 0.6 is 11.3 Å². The molecule has 1 aliphatic rings. The second kappa shape index (κ2) is 6.72. The largest absolute Gasteiger partial charge is 0.314 e. The van der Waals surface area contributed by atoms with Crippen molar-refractivity contribution in [3.63, 3.8) is 0 Å². The zero-order valence-corrected chi connectivity index (χ0v) is 12.8.